The first-order chi connectivity index (χ1) is 13.6. The van der Waals surface area contributed by atoms with Crippen LogP contribution in [0.15, 0.2) is 39.9 Å². The van der Waals surface area contributed by atoms with Crippen LogP contribution >= 0.6 is 0 Å². The number of nitrogens with two attached hydrogens (primary N) is 1. The smallest absolute Gasteiger partial charge is 0.330 e. The van der Waals surface area contributed by atoms with Crippen LogP contribution in [0.3, 0.4) is 0 Å². The number of amides is 1. The molecule has 1 unspecified atom stereocenters. The molecule has 0 aliphatic carbocycles. The summed E-state index contributed by atoms with van der Waals surface area (Å²) in [6.07, 6.45) is 0.235. The molecule has 7 heteroatoms. The highest BCUT2D eigenvalue weighted by Gasteiger charge is 2.26. The number of nitrogens with one attached hydrogen (secondary N) is 1. The number of nitrogen functional groups attached to an aromatic ring is 1. The van der Waals surface area contributed by atoms with E-state index in [2.05, 4.69) is 4.98 Å². The number of anilines is 2. The second kappa shape index (κ2) is 9.58. The highest BCUT2D eigenvalue weighted by atomic mass is 16.2. The Bertz CT molecular complexity index is 945. The van der Waals surface area contributed by atoms with Crippen molar-refractivity contribution < 1.29 is 4.79 Å². The van der Waals surface area contributed by atoms with Crippen LogP contribution in [-0.4, -0.2) is 22.0 Å². The average Bonchev–Trinajstić information content (AvgIpc) is 2.64. The summed E-state index contributed by atoms with van der Waals surface area (Å²) < 4.78 is 1.34. The molecule has 2 rings (SSSR count). The van der Waals surface area contributed by atoms with Gasteiger partial charge in [-0.2, -0.15) is 0 Å². The van der Waals surface area contributed by atoms with E-state index in [9.17, 15) is 14.4 Å². The van der Waals surface area contributed by atoms with Gasteiger partial charge in [-0.3, -0.25) is 19.1 Å². The van der Waals surface area contributed by atoms with Gasteiger partial charge in [-0.1, -0.05) is 65.0 Å². The first-order valence-electron chi connectivity index (χ1n) is 10.1. The number of aromatic amines is 1. The molecule has 0 bridgehead atoms. The number of rotatable bonds is 8. The Hall–Kier alpha value is -2.83. The number of aromatic nitrogens is 2. The summed E-state index contributed by atoms with van der Waals surface area (Å²) in [5.74, 6) is 0.104. The third-order valence-corrected chi connectivity index (χ3v) is 4.73. The zero-order valence-electron chi connectivity index (χ0n) is 17.9. The summed E-state index contributed by atoms with van der Waals surface area (Å²) in [6.45, 7) is 10.5. The van der Waals surface area contributed by atoms with E-state index in [1.165, 1.54) is 9.47 Å². The van der Waals surface area contributed by atoms with Gasteiger partial charge in [0.15, 0.2) is 5.69 Å². The van der Waals surface area contributed by atoms with Crippen molar-refractivity contribution in [2.75, 3.05) is 17.2 Å². The van der Waals surface area contributed by atoms with Gasteiger partial charge in [-0.05, 0) is 23.3 Å². The fourth-order valence-corrected chi connectivity index (χ4v) is 3.34. The minimum atomic E-state index is -0.631. The summed E-state index contributed by atoms with van der Waals surface area (Å²) in [7, 11) is 0. The highest BCUT2D eigenvalue weighted by molar-refractivity contribution is 5.96. The maximum atomic E-state index is 13.2. The number of carbonyl (C=O) groups excluding carboxylic acids is 1. The molecule has 158 valence electrons. The fraction of sp³-hybridized carbons (Fsp3) is 0.500. The first kappa shape index (κ1) is 22.5. The zero-order chi connectivity index (χ0) is 21.7. The number of H-pyrrole nitrogens is 1. The van der Waals surface area contributed by atoms with Gasteiger partial charge >= 0.3 is 5.69 Å². The van der Waals surface area contributed by atoms with Gasteiger partial charge in [0.2, 0.25) is 5.91 Å². The van der Waals surface area contributed by atoms with Crippen LogP contribution in [0.4, 0.5) is 11.5 Å². The number of carbonyl (C=O) groups is 1. The molecule has 3 N–H and O–H groups in total. The molecule has 0 fully saturated rings. The molecule has 0 saturated heterocycles. The standard InChI is InChI=1S/C22H32N4O3/c1-14(2)12-25(18(27)11-16(5)17-9-7-6-8-10-17)19-20(23)26(13-15(3)4)22(29)24-21(19)28/h6-10,14-16H,11-13,23H2,1-5H3,(H,24,28,29). The Balaban J connectivity index is 2.45. The average molecular weight is 401 g/mol. The SMILES string of the molecule is CC(C)CN(C(=O)CC(C)c1ccccc1)c1c(N)n(CC(C)C)c(=O)[nH]c1=O. The second-order valence-corrected chi connectivity index (χ2v) is 8.41. The van der Waals surface area contributed by atoms with Crippen LogP contribution in [0.25, 0.3) is 0 Å². The Morgan fingerprint density at radius 3 is 2.24 bits per heavy atom. The highest BCUT2D eigenvalue weighted by Crippen LogP contribution is 2.24. The second-order valence-electron chi connectivity index (χ2n) is 8.41. The van der Waals surface area contributed by atoms with E-state index in [0.717, 1.165) is 5.56 Å². The van der Waals surface area contributed by atoms with Crippen LogP contribution < -0.4 is 21.9 Å². The van der Waals surface area contributed by atoms with Crippen molar-refractivity contribution >= 4 is 17.4 Å². The Morgan fingerprint density at radius 2 is 1.69 bits per heavy atom. The number of hydrogen-bond donors (Lipinski definition) is 2. The Kier molecular flexibility index (Phi) is 7.42. The molecule has 1 aromatic carbocycles. The molecule has 0 aliphatic rings. The summed E-state index contributed by atoms with van der Waals surface area (Å²) in [5.41, 5.74) is 6.16. The Labute approximate surface area is 171 Å². The molecule has 7 nitrogen and oxygen atoms in total. The van der Waals surface area contributed by atoms with E-state index in [4.69, 9.17) is 5.73 Å². The van der Waals surface area contributed by atoms with Crippen molar-refractivity contribution in [1.29, 1.82) is 0 Å². The molecule has 0 saturated carbocycles. The number of nitrogens with zero attached hydrogens (tertiary/aromatic N) is 2. The lowest BCUT2D eigenvalue weighted by Gasteiger charge is -2.27. The van der Waals surface area contributed by atoms with Crippen molar-refractivity contribution in [2.24, 2.45) is 11.8 Å². The van der Waals surface area contributed by atoms with Gasteiger partial charge in [0.1, 0.15) is 5.82 Å². The van der Waals surface area contributed by atoms with Crippen molar-refractivity contribution in [3.63, 3.8) is 0 Å². The normalized spacial score (nSPS) is 12.4. The van der Waals surface area contributed by atoms with Crippen LogP contribution in [-0.2, 0) is 11.3 Å². The summed E-state index contributed by atoms with van der Waals surface area (Å²) in [6, 6.07) is 9.77. The molecular formula is C22H32N4O3. The van der Waals surface area contributed by atoms with E-state index in [-0.39, 0.29) is 41.6 Å². The van der Waals surface area contributed by atoms with Crippen LogP contribution in [0.5, 0.6) is 0 Å². The van der Waals surface area contributed by atoms with Crippen LogP contribution in [0.2, 0.25) is 0 Å². The van der Waals surface area contributed by atoms with Crippen molar-refractivity contribution in [1.82, 2.24) is 9.55 Å². The van der Waals surface area contributed by atoms with E-state index in [1.807, 2.05) is 65.0 Å². The lowest BCUT2D eigenvalue weighted by Crippen LogP contribution is -2.43. The number of benzene rings is 1. The predicted octanol–water partition coefficient (Wildman–Crippen LogP) is 2.96. The minimum Gasteiger partial charge on any atom is -0.383 e. The van der Waals surface area contributed by atoms with E-state index in [1.54, 1.807) is 0 Å². The molecule has 29 heavy (non-hydrogen) atoms. The fourth-order valence-electron chi connectivity index (χ4n) is 3.34. The molecule has 0 radical (unpaired) electrons. The first-order valence-corrected chi connectivity index (χ1v) is 10.1. The summed E-state index contributed by atoms with van der Waals surface area (Å²) in [5, 5.41) is 0. The summed E-state index contributed by atoms with van der Waals surface area (Å²) in [4.78, 5) is 41.9. The van der Waals surface area contributed by atoms with Crippen molar-refractivity contribution in [3.8, 4) is 0 Å². The largest absolute Gasteiger partial charge is 0.383 e. The minimum absolute atomic E-state index is 0.0137. The molecule has 0 aliphatic heterocycles. The summed E-state index contributed by atoms with van der Waals surface area (Å²) >= 11 is 0. The third-order valence-electron chi connectivity index (χ3n) is 4.73. The predicted molar refractivity (Wildman–Crippen MR) is 117 cm³/mol. The maximum absolute atomic E-state index is 13.2. The van der Waals surface area contributed by atoms with E-state index < -0.39 is 11.2 Å². The van der Waals surface area contributed by atoms with Gasteiger partial charge in [0.05, 0.1) is 0 Å². The maximum Gasteiger partial charge on any atom is 0.330 e. The zero-order valence-corrected chi connectivity index (χ0v) is 17.9. The van der Waals surface area contributed by atoms with Gasteiger partial charge < -0.3 is 10.6 Å². The molecular weight excluding hydrogens is 368 g/mol. The molecule has 1 heterocycles. The van der Waals surface area contributed by atoms with Gasteiger partial charge in [0, 0.05) is 19.5 Å². The van der Waals surface area contributed by atoms with E-state index in [0.29, 0.717) is 13.1 Å². The third kappa shape index (κ3) is 5.59. The molecule has 0 spiro atoms. The molecule has 1 atom stereocenters. The Morgan fingerprint density at radius 1 is 1.07 bits per heavy atom. The van der Waals surface area contributed by atoms with Gasteiger partial charge in [-0.25, -0.2) is 4.79 Å². The van der Waals surface area contributed by atoms with Crippen molar-refractivity contribution in [3.05, 3.63) is 56.7 Å². The van der Waals surface area contributed by atoms with Crippen LogP contribution in [0.1, 0.15) is 52.5 Å². The van der Waals surface area contributed by atoms with Gasteiger partial charge in [-0.15, -0.1) is 0 Å². The number of hydrogen-bond acceptors (Lipinski definition) is 4. The lowest BCUT2D eigenvalue weighted by atomic mass is 9.97. The monoisotopic (exact) mass is 400 g/mol. The molecule has 1 aromatic heterocycles. The topological polar surface area (TPSA) is 101 Å². The van der Waals surface area contributed by atoms with Crippen molar-refractivity contribution in [2.45, 2.75) is 53.5 Å². The molecule has 1 amide bonds. The molecule has 2 aromatic rings. The quantitative estimate of drug-likeness (QED) is 0.711. The van der Waals surface area contributed by atoms with Gasteiger partial charge in [0.25, 0.3) is 5.56 Å². The van der Waals surface area contributed by atoms with E-state index >= 15 is 0 Å². The van der Waals surface area contributed by atoms with Crippen LogP contribution in [0, 0.1) is 11.8 Å². The lowest BCUT2D eigenvalue weighted by molar-refractivity contribution is -0.119.